The maximum Gasteiger partial charge on any atom is 0.225 e. The summed E-state index contributed by atoms with van der Waals surface area (Å²) in [5.41, 5.74) is 3.05. The van der Waals surface area contributed by atoms with Crippen molar-refractivity contribution < 1.29 is 14.3 Å². The van der Waals surface area contributed by atoms with Gasteiger partial charge in [0.15, 0.2) is 3.95 Å². The highest BCUT2D eigenvalue weighted by Gasteiger charge is 2.22. The summed E-state index contributed by atoms with van der Waals surface area (Å²) in [4.78, 5) is 16.3. The smallest absolute Gasteiger partial charge is 0.225 e. The van der Waals surface area contributed by atoms with Crippen LogP contribution in [0, 0.1) is 10.9 Å². The van der Waals surface area contributed by atoms with Gasteiger partial charge < -0.3 is 19.8 Å². The van der Waals surface area contributed by atoms with Crippen molar-refractivity contribution >= 4 is 29.5 Å². The summed E-state index contributed by atoms with van der Waals surface area (Å²) in [5.74, 6) is 1.66. The molecule has 1 aliphatic rings. The molecule has 25 heavy (non-hydrogen) atoms. The number of carbonyl (C=O) groups is 1. The number of benzene rings is 1. The molecule has 0 saturated heterocycles. The van der Waals surface area contributed by atoms with E-state index in [1.54, 1.807) is 0 Å². The lowest BCUT2D eigenvalue weighted by Gasteiger charge is -2.13. The predicted octanol–water partition coefficient (Wildman–Crippen LogP) is 3.70. The molecule has 5 nitrogen and oxygen atoms in total. The Balaban J connectivity index is 1.69. The monoisotopic (exact) mass is 378 g/mol. The van der Waals surface area contributed by atoms with Gasteiger partial charge in [-0.15, -0.1) is 11.3 Å². The third-order valence-electron chi connectivity index (χ3n) is 4.10. The summed E-state index contributed by atoms with van der Waals surface area (Å²) in [6, 6.07) is 4.02. The van der Waals surface area contributed by atoms with Gasteiger partial charge in [0.1, 0.15) is 17.6 Å². The summed E-state index contributed by atoms with van der Waals surface area (Å²) in [7, 11) is 0. The maximum absolute atomic E-state index is 12.3. The van der Waals surface area contributed by atoms with Crippen LogP contribution in [0.5, 0.6) is 11.5 Å². The normalized spacial score (nSPS) is 15.6. The number of hydrogen-bond acceptors (Lipinski definition) is 5. The van der Waals surface area contributed by atoms with Crippen LogP contribution in [-0.4, -0.2) is 23.6 Å². The molecule has 0 fully saturated rings. The third kappa shape index (κ3) is 4.22. The summed E-state index contributed by atoms with van der Waals surface area (Å²) in [6.45, 7) is 6.93. The summed E-state index contributed by atoms with van der Waals surface area (Å²) in [5, 5.41) is 2.97. The zero-order valence-corrected chi connectivity index (χ0v) is 16.2. The van der Waals surface area contributed by atoms with Gasteiger partial charge in [-0.3, -0.25) is 4.79 Å². The lowest BCUT2D eigenvalue weighted by molar-refractivity contribution is -0.120. The van der Waals surface area contributed by atoms with Gasteiger partial charge >= 0.3 is 0 Å². The van der Waals surface area contributed by atoms with Crippen molar-refractivity contribution in [2.75, 3.05) is 6.61 Å². The zero-order valence-electron chi connectivity index (χ0n) is 14.6. The van der Waals surface area contributed by atoms with Gasteiger partial charge in [-0.05, 0) is 45.1 Å². The van der Waals surface area contributed by atoms with Crippen molar-refractivity contribution in [3.63, 3.8) is 0 Å². The molecule has 3 rings (SSSR count). The van der Waals surface area contributed by atoms with Gasteiger partial charge in [0, 0.05) is 34.7 Å². The second kappa shape index (κ2) is 7.58. The first-order valence-corrected chi connectivity index (χ1v) is 9.59. The Morgan fingerprint density at radius 1 is 1.52 bits per heavy atom. The van der Waals surface area contributed by atoms with Crippen molar-refractivity contribution in [3.8, 4) is 11.5 Å². The van der Waals surface area contributed by atoms with E-state index in [2.05, 4.69) is 17.2 Å². The SMILES string of the molecule is CCOc1cc2c(cc1CNC(=O)Cc1sc(=S)[nH]c1C)O[C@H](C)C2. The van der Waals surface area contributed by atoms with E-state index >= 15 is 0 Å². The number of thiazole rings is 1. The van der Waals surface area contributed by atoms with Gasteiger partial charge in [-0.1, -0.05) is 0 Å². The number of aryl methyl sites for hydroxylation is 1. The van der Waals surface area contributed by atoms with Gasteiger partial charge in [0.25, 0.3) is 0 Å². The van der Waals surface area contributed by atoms with E-state index in [1.807, 2.05) is 26.0 Å². The zero-order chi connectivity index (χ0) is 18.0. The van der Waals surface area contributed by atoms with Crippen molar-refractivity contribution in [1.29, 1.82) is 0 Å². The van der Waals surface area contributed by atoms with Crippen molar-refractivity contribution in [2.24, 2.45) is 0 Å². The van der Waals surface area contributed by atoms with Crippen LogP contribution in [0.3, 0.4) is 0 Å². The summed E-state index contributed by atoms with van der Waals surface area (Å²) >= 11 is 6.56. The average Bonchev–Trinajstić information content (AvgIpc) is 3.05. The van der Waals surface area contributed by atoms with Gasteiger partial charge in [-0.25, -0.2) is 0 Å². The Hall–Kier alpha value is -1.86. The standard InChI is InChI=1S/C18H22N2O3S2/c1-4-22-14-6-12-5-10(2)23-15(12)7-13(14)9-19-17(21)8-16-11(3)20-18(24)25-16/h6-7,10H,4-5,8-9H2,1-3H3,(H,19,21)(H,20,24)/t10-/m1/s1. The fraction of sp³-hybridized carbons (Fsp3) is 0.444. The molecule has 1 aromatic carbocycles. The predicted molar refractivity (Wildman–Crippen MR) is 101 cm³/mol. The minimum atomic E-state index is -0.0365. The van der Waals surface area contributed by atoms with Crippen LogP contribution in [0.15, 0.2) is 12.1 Å². The molecule has 134 valence electrons. The van der Waals surface area contributed by atoms with E-state index in [-0.39, 0.29) is 12.0 Å². The fourth-order valence-corrected chi connectivity index (χ4v) is 4.21. The van der Waals surface area contributed by atoms with Crippen LogP contribution < -0.4 is 14.8 Å². The molecule has 0 unspecified atom stereocenters. The Bertz CT molecular complexity index is 841. The Morgan fingerprint density at radius 3 is 3.00 bits per heavy atom. The molecule has 0 saturated carbocycles. The second-order valence-corrected chi connectivity index (χ2v) is 7.92. The largest absolute Gasteiger partial charge is 0.494 e. The number of ether oxygens (including phenoxy) is 2. The Kier molecular flexibility index (Phi) is 5.44. The molecule has 0 radical (unpaired) electrons. The fourth-order valence-electron chi connectivity index (χ4n) is 2.92. The van der Waals surface area contributed by atoms with E-state index in [4.69, 9.17) is 21.7 Å². The van der Waals surface area contributed by atoms with Crippen LogP contribution in [-0.2, 0) is 24.2 Å². The van der Waals surface area contributed by atoms with Crippen molar-refractivity contribution in [3.05, 3.63) is 37.8 Å². The first-order chi connectivity index (χ1) is 12.0. The highest BCUT2D eigenvalue weighted by molar-refractivity contribution is 7.73. The van der Waals surface area contributed by atoms with E-state index in [9.17, 15) is 4.79 Å². The molecule has 1 atom stereocenters. The quantitative estimate of drug-likeness (QED) is 0.753. The van der Waals surface area contributed by atoms with E-state index in [1.165, 1.54) is 11.3 Å². The molecular weight excluding hydrogens is 356 g/mol. The number of nitrogens with one attached hydrogen (secondary N) is 2. The Morgan fingerprint density at radius 2 is 2.32 bits per heavy atom. The molecule has 2 aromatic rings. The number of H-pyrrole nitrogens is 1. The maximum atomic E-state index is 12.3. The summed E-state index contributed by atoms with van der Waals surface area (Å²) < 4.78 is 12.3. The molecule has 1 aromatic heterocycles. The van der Waals surface area contributed by atoms with Crippen LogP contribution in [0.4, 0.5) is 0 Å². The van der Waals surface area contributed by atoms with E-state index in [0.717, 1.165) is 39.6 Å². The minimum absolute atomic E-state index is 0.0365. The van der Waals surface area contributed by atoms with Crippen LogP contribution in [0.25, 0.3) is 0 Å². The number of aromatic nitrogens is 1. The highest BCUT2D eigenvalue weighted by Crippen LogP contribution is 2.35. The first kappa shape index (κ1) is 17.9. The van der Waals surface area contributed by atoms with E-state index in [0.29, 0.717) is 23.5 Å². The number of fused-ring (bicyclic) bond motifs is 1. The average molecular weight is 379 g/mol. The number of hydrogen-bond donors (Lipinski definition) is 2. The molecule has 2 N–H and O–H groups in total. The van der Waals surface area contributed by atoms with Crippen molar-refractivity contribution in [2.45, 2.75) is 46.3 Å². The lowest BCUT2D eigenvalue weighted by atomic mass is 10.1. The second-order valence-electron chi connectivity index (χ2n) is 6.15. The lowest BCUT2D eigenvalue weighted by Crippen LogP contribution is -2.24. The van der Waals surface area contributed by atoms with Gasteiger partial charge in [0.05, 0.1) is 13.0 Å². The molecule has 1 aliphatic heterocycles. The minimum Gasteiger partial charge on any atom is -0.494 e. The highest BCUT2D eigenvalue weighted by atomic mass is 32.1. The number of carbonyl (C=O) groups excluding carboxylic acids is 1. The van der Waals surface area contributed by atoms with Crippen LogP contribution in [0.1, 0.15) is 35.5 Å². The van der Waals surface area contributed by atoms with Crippen molar-refractivity contribution in [1.82, 2.24) is 10.3 Å². The van der Waals surface area contributed by atoms with E-state index < -0.39 is 0 Å². The molecule has 2 heterocycles. The molecule has 0 aliphatic carbocycles. The number of amides is 1. The van der Waals surface area contributed by atoms with Crippen LogP contribution >= 0.6 is 23.6 Å². The molecule has 7 heteroatoms. The van der Waals surface area contributed by atoms with Gasteiger partial charge in [0.2, 0.25) is 5.91 Å². The molecule has 0 spiro atoms. The summed E-state index contributed by atoms with van der Waals surface area (Å²) in [6.07, 6.45) is 1.39. The Labute approximate surface area is 156 Å². The topological polar surface area (TPSA) is 63.3 Å². The third-order valence-corrected chi connectivity index (χ3v) is 5.44. The first-order valence-electron chi connectivity index (χ1n) is 8.36. The van der Waals surface area contributed by atoms with Gasteiger partial charge in [-0.2, -0.15) is 0 Å². The molecule has 0 bridgehead atoms. The number of aromatic amines is 1. The molecular formula is C18H22N2O3S2. The number of rotatable bonds is 6. The molecule has 1 amide bonds. The van der Waals surface area contributed by atoms with Crippen LogP contribution in [0.2, 0.25) is 0 Å².